The lowest BCUT2D eigenvalue weighted by atomic mass is 10.2. The summed E-state index contributed by atoms with van der Waals surface area (Å²) in [5, 5.41) is 3.70. The summed E-state index contributed by atoms with van der Waals surface area (Å²) in [6, 6.07) is 12.4. The van der Waals surface area contributed by atoms with E-state index in [2.05, 4.69) is 15.3 Å². The summed E-state index contributed by atoms with van der Waals surface area (Å²) in [5.74, 6) is 1.65. The van der Waals surface area contributed by atoms with Gasteiger partial charge in [-0.05, 0) is 24.3 Å². The van der Waals surface area contributed by atoms with Gasteiger partial charge in [0.25, 0.3) is 5.91 Å². The van der Waals surface area contributed by atoms with Gasteiger partial charge in [0.1, 0.15) is 5.01 Å². The van der Waals surface area contributed by atoms with Crippen molar-refractivity contribution in [3.8, 4) is 33.7 Å². The Bertz CT molecular complexity index is 1250. The van der Waals surface area contributed by atoms with Gasteiger partial charge in [0, 0.05) is 41.2 Å². The number of methoxy groups -OCH3 is 4. The van der Waals surface area contributed by atoms with Gasteiger partial charge in [-0.2, -0.15) is 0 Å². The Kier molecular flexibility index (Phi) is 6.09. The highest BCUT2D eigenvalue weighted by molar-refractivity contribution is 7.21. The quantitative estimate of drug-likeness (QED) is 0.437. The molecule has 0 aliphatic carbocycles. The van der Waals surface area contributed by atoms with Gasteiger partial charge in [0.2, 0.25) is 11.6 Å². The number of nitrogens with zero attached hydrogens (tertiary/aromatic N) is 2. The number of thiazole rings is 1. The average molecular weight is 452 g/mol. The van der Waals surface area contributed by atoms with Crippen molar-refractivity contribution in [2.45, 2.75) is 0 Å². The second kappa shape index (κ2) is 9.11. The number of amides is 1. The van der Waals surface area contributed by atoms with E-state index in [0.29, 0.717) is 34.4 Å². The van der Waals surface area contributed by atoms with Crippen LogP contribution in [0, 0.1) is 0 Å². The molecule has 0 radical (unpaired) electrons. The van der Waals surface area contributed by atoms with Crippen molar-refractivity contribution < 1.29 is 23.7 Å². The summed E-state index contributed by atoms with van der Waals surface area (Å²) in [6.07, 6.45) is 1.72. The number of benzene rings is 2. The number of anilines is 1. The van der Waals surface area contributed by atoms with Crippen LogP contribution in [-0.2, 0) is 0 Å². The maximum Gasteiger partial charge on any atom is 0.255 e. The zero-order chi connectivity index (χ0) is 22.7. The van der Waals surface area contributed by atoms with Crippen molar-refractivity contribution in [3.63, 3.8) is 0 Å². The molecule has 0 fully saturated rings. The molecule has 164 valence electrons. The third-order valence-electron chi connectivity index (χ3n) is 4.77. The maximum atomic E-state index is 12.9. The number of nitrogens with one attached hydrogen (secondary N) is 1. The number of rotatable bonds is 7. The van der Waals surface area contributed by atoms with Crippen molar-refractivity contribution in [1.82, 2.24) is 9.97 Å². The predicted octanol–water partition coefficient (Wildman–Crippen LogP) is 4.65. The van der Waals surface area contributed by atoms with Crippen molar-refractivity contribution in [2.75, 3.05) is 33.8 Å². The standard InChI is InChI=1S/C23H21N3O5S/c1-28-17-10-15(11-18(29-2)21(17)31-4)25-22(27)13-5-7-16-19(9-13)32-23(26-16)14-6-8-20(30-3)24-12-14/h5-12H,1-4H3,(H,25,27). The number of aromatic nitrogens is 2. The van der Waals surface area contributed by atoms with Crippen LogP contribution in [0.1, 0.15) is 10.4 Å². The fraction of sp³-hybridized carbons (Fsp3) is 0.174. The van der Waals surface area contributed by atoms with Gasteiger partial charge in [-0.25, -0.2) is 9.97 Å². The van der Waals surface area contributed by atoms with Gasteiger partial charge >= 0.3 is 0 Å². The summed E-state index contributed by atoms with van der Waals surface area (Å²) in [4.78, 5) is 21.8. The first-order valence-corrected chi connectivity index (χ1v) is 10.4. The van der Waals surface area contributed by atoms with E-state index in [1.807, 2.05) is 18.2 Å². The molecule has 2 aromatic carbocycles. The molecule has 1 N–H and O–H groups in total. The fourth-order valence-electron chi connectivity index (χ4n) is 3.17. The number of hydrogen-bond acceptors (Lipinski definition) is 8. The van der Waals surface area contributed by atoms with Crippen LogP contribution in [0.25, 0.3) is 20.8 Å². The molecule has 0 aliphatic rings. The first-order chi connectivity index (χ1) is 15.6. The zero-order valence-corrected chi connectivity index (χ0v) is 18.8. The second-order valence-electron chi connectivity index (χ2n) is 6.66. The highest BCUT2D eigenvalue weighted by Gasteiger charge is 2.16. The smallest absolute Gasteiger partial charge is 0.255 e. The topological polar surface area (TPSA) is 91.8 Å². The largest absolute Gasteiger partial charge is 0.493 e. The van der Waals surface area contributed by atoms with Crippen molar-refractivity contribution in [1.29, 1.82) is 0 Å². The Labute approximate surface area is 188 Å². The molecule has 8 nitrogen and oxygen atoms in total. The van der Waals surface area contributed by atoms with Gasteiger partial charge in [0.15, 0.2) is 11.5 Å². The molecule has 0 saturated heterocycles. The Morgan fingerprint density at radius 2 is 1.66 bits per heavy atom. The van der Waals surface area contributed by atoms with E-state index in [9.17, 15) is 4.79 Å². The number of ether oxygens (including phenoxy) is 4. The minimum atomic E-state index is -0.262. The van der Waals surface area contributed by atoms with E-state index < -0.39 is 0 Å². The Morgan fingerprint density at radius 3 is 2.25 bits per heavy atom. The lowest BCUT2D eigenvalue weighted by Gasteiger charge is -2.14. The highest BCUT2D eigenvalue weighted by Crippen LogP contribution is 2.40. The van der Waals surface area contributed by atoms with Crippen LogP contribution in [0.15, 0.2) is 48.7 Å². The van der Waals surface area contributed by atoms with Crippen LogP contribution >= 0.6 is 11.3 Å². The highest BCUT2D eigenvalue weighted by atomic mass is 32.1. The van der Waals surface area contributed by atoms with Crippen LogP contribution in [0.5, 0.6) is 23.1 Å². The van der Waals surface area contributed by atoms with Gasteiger partial charge < -0.3 is 24.3 Å². The minimum absolute atomic E-state index is 0.262. The normalized spacial score (nSPS) is 10.6. The van der Waals surface area contributed by atoms with Gasteiger partial charge in [-0.15, -0.1) is 11.3 Å². The van der Waals surface area contributed by atoms with Crippen LogP contribution < -0.4 is 24.3 Å². The summed E-state index contributed by atoms with van der Waals surface area (Å²) in [7, 11) is 6.15. The Hall–Kier alpha value is -3.85. The number of fused-ring (bicyclic) bond motifs is 1. The minimum Gasteiger partial charge on any atom is -0.493 e. The van der Waals surface area contributed by atoms with Gasteiger partial charge in [-0.1, -0.05) is 0 Å². The molecular formula is C23H21N3O5S. The molecular weight excluding hydrogens is 430 g/mol. The van der Waals surface area contributed by atoms with E-state index in [-0.39, 0.29) is 5.91 Å². The summed E-state index contributed by atoms with van der Waals surface area (Å²) >= 11 is 1.49. The number of hydrogen-bond donors (Lipinski definition) is 1. The van der Waals surface area contributed by atoms with E-state index in [4.69, 9.17) is 18.9 Å². The molecule has 0 spiro atoms. The van der Waals surface area contributed by atoms with Gasteiger partial charge in [0.05, 0.1) is 38.7 Å². The zero-order valence-electron chi connectivity index (χ0n) is 18.0. The molecule has 0 saturated carbocycles. The van der Waals surface area contributed by atoms with E-state index in [0.717, 1.165) is 20.8 Å². The molecule has 2 aromatic heterocycles. The third-order valence-corrected chi connectivity index (χ3v) is 5.83. The van der Waals surface area contributed by atoms with E-state index >= 15 is 0 Å². The molecule has 32 heavy (non-hydrogen) atoms. The Morgan fingerprint density at radius 1 is 0.906 bits per heavy atom. The summed E-state index contributed by atoms with van der Waals surface area (Å²) in [5.41, 5.74) is 2.73. The maximum absolute atomic E-state index is 12.9. The van der Waals surface area contributed by atoms with Crippen molar-refractivity contribution in [2.24, 2.45) is 0 Å². The monoisotopic (exact) mass is 451 g/mol. The van der Waals surface area contributed by atoms with Crippen LogP contribution in [-0.4, -0.2) is 44.3 Å². The van der Waals surface area contributed by atoms with Crippen LogP contribution in [0.2, 0.25) is 0 Å². The summed E-state index contributed by atoms with van der Waals surface area (Å²) < 4.78 is 22.0. The van der Waals surface area contributed by atoms with Crippen LogP contribution in [0.3, 0.4) is 0 Å². The third kappa shape index (κ3) is 4.15. The molecule has 4 aromatic rings. The number of pyridine rings is 1. The molecule has 2 heterocycles. The first kappa shape index (κ1) is 21.4. The SMILES string of the molecule is COc1ccc(-c2nc3ccc(C(=O)Nc4cc(OC)c(OC)c(OC)c4)cc3s2)cn1. The van der Waals surface area contributed by atoms with E-state index in [1.54, 1.807) is 37.6 Å². The first-order valence-electron chi connectivity index (χ1n) is 9.58. The molecule has 0 bridgehead atoms. The predicted molar refractivity (Wildman–Crippen MR) is 123 cm³/mol. The average Bonchev–Trinajstić information content (AvgIpc) is 3.26. The lowest BCUT2D eigenvalue weighted by molar-refractivity contribution is 0.102. The molecule has 0 atom stereocenters. The molecule has 0 unspecified atom stereocenters. The lowest BCUT2D eigenvalue weighted by Crippen LogP contribution is -2.12. The molecule has 9 heteroatoms. The molecule has 1 amide bonds. The Balaban J connectivity index is 1.60. The van der Waals surface area contributed by atoms with E-state index in [1.165, 1.54) is 32.7 Å². The van der Waals surface area contributed by atoms with Crippen molar-refractivity contribution in [3.05, 3.63) is 54.2 Å². The molecule has 0 aliphatic heterocycles. The molecule has 4 rings (SSSR count). The number of carbonyl (C=O) groups excluding carboxylic acids is 1. The summed E-state index contributed by atoms with van der Waals surface area (Å²) in [6.45, 7) is 0. The van der Waals surface area contributed by atoms with Gasteiger partial charge in [-0.3, -0.25) is 4.79 Å². The second-order valence-corrected chi connectivity index (χ2v) is 7.69. The van der Waals surface area contributed by atoms with Crippen LogP contribution in [0.4, 0.5) is 5.69 Å². The fourth-order valence-corrected chi connectivity index (χ4v) is 4.17. The van der Waals surface area contributed by atoms with Crippen molar-refractivity contribution >= 4 is 33.1 Å². The number of carbonyl (C=O) groups is 1.